The lowest BCUT2D eigenvalue weighted by atomic mass is 9.90. The van der Waals surface area contributed by atoms with E-state index in [0.29, 0.717) is 12.1 Å². The third-order valence-electron chi connectivity index (χ3n) is 4.81. The van der Waals surface area contributed by atoms with Crippen molar-refractivity contribution in [2.24, 2.45) is 5.73 Å². The monoisotopic (exact) mass is 362 g/mol. The summed E-state index contributed by atoms with van der Waals surface area (Å²) < 4.78 is 0. The first-order valence-corrected chi connectivity index (χ1v) is 9.34. The molecule has 0 aromatic heterocycles. The van der Waals surface area contributed by atoms with Crippen LogP contribution in [0.4, 0.5) is 0 Å². The van der Waals surface area contributed by atoms with Crippen LogP contribution in [0.2, 0.25) is 10.0 Å². The molecule has 1 aliphatic carbocycles. The Bertz CT molecular complexity index is 619. The number of nitrogens with two attached hydrogens (primary N) is 1. The fourth-order valence-corrected chi connectivity index (χ4v) is 3.95. The zero-order chi connectivity index (χ0) is 16.9. The number of hydrogen-bond acceptors (Lipinski definition) is 2. The maximum absolute atomic E-state index is 6.16. The highest BCUT2D eigenvalue weighted by molar-refractivity contribution is 6.30. The molecule has 2 aromatic carbocycles. The summed E-state index contributed by atoms with van der Waals surface area (Å²) in [5.74, 6) is 0. The van der Waals surface area contributed by atoms with E-state index in [0.717, 1.165) is 48.8 Å². The predicted octanol–water partition coefficient (Wildman–Crippen LogP) is 5.27. The molecule has 128 valence electrons. The van der Waals surface area contributed by atoms with Crippen LogP contribution in [-0.4, -0.2) is 17.0 Å². The normalized spacial score (nSPS) is 21.2. The van der Waals surface area contributed by atoms with Crippen molar-refractivity contribution < 1.29 is 0 Å². The maximum atomic E-state index is 6.16. The molecule has 1 saturated carbocycles. The number of hydrogen-bond donors (Lipinski definition) is 1. The van der Waals surface area contributed by atoms with Crippen molar-refractivity contribution in [2.45, 2.75) is 50.9 Å². The second-order valence-corrected chi connectivity index (χ2v) is 7.61. The zero-order valence-corrected chi connectivity index (χ0v) is 15.3. The molecule has 0 atom stereocenters. The lowest BCUT2D eigenvalue weighted by Gasteiger charge is -2.36. The first kappa shape index (κ1) is 17.8. The average molecular weight is 363 g/mol. The van der Waals surface area contributed by atoms with Gasteiger partial charge in [-0.3, -0.25) is 4.90 Å². The van der Waals surface area contributed by atoms with Crippen LogP contribution in [0.15, 0.2) is 48.5 Å². The van der Waals surface area contributed by atoms with Crippen molar-refractivity contribution in [3.8, 4) is 0 Å². The second-order valence-electron chi connectivity index (χ2n) is 6.73. The van der Waals surface area contributed by atoms with Gasteiger partial charge < -0.3 is 5.73 Å². The molecule has 24 heavy (non-hydrogen) atoms. The summed E-state index contributed by atoms with van der Waals surface area (Å²) in [7, 11) is 0. The minimum atomic E-state index is 0.362. The zero-order valence-electron chi connectivity index (χ0n) is 13.8. The summed E-state index contributed by atoms with van der Waals surface area (Å²) in [6.07, 6.45) is 4.52. The van der Waals surface area contributed by atoms with Crippen molar-refractivity contribution in [2.75, 3.05) is 0 Å². The Morgan fingerprint density at radius 3 is 1.79 bits per heavy atom. The summed E-state index contributed by atoms with van der Waals surface area (Å²) in [6, 6.07) is 17.2. The van der Waals surface area contributed by atoms with Gasteiger partial charge in [0.2, 0.25) is 0 Å². The van der Waals surface area contributed by atoms with Crippen molar-refractivity contribution in [3.63, 3.8) is 0 Å². The first-order chi connectivity index (χ1) is 11.6. The average Bonchev–Trinajstić information content (AvgIpc) is 2.55. The number of rotatable bonds is 5. The molecule has 2 nitrogen and oxygen atoms in total. The van der Waals surface area contributed by atoms with Gasteiger partial charge in [-0.15, -0.1) is 0 Å². The molecule has 2 N–H and O–H groups in total. The van der Waals surface area contributed by atoms with Crippen LogP contribution in [0.5, 0.6) is 0 Å². The van der Waals surface area contributed by atoms with E-state index in [4.69, 9.17) is 28.9 Å². The van der Waals surface area contributed by atoms with Gasteiger partial charge in [-0.25, -0.2) is 0 Å². The van der Waals surface area contributed by atoms with Gasteiger partial charge in [0.05, 0.1) is 0 Å². The third-order valence-corrected chi connectivity index (χ3v) is 5.28. The minimum absolute atomic E-state index is 0.362. The standard InChI is InChI=1S/C20H24Cl2N2/c21-17-5-1-3-15(11-17)13-24(20-9-7-19(23)8-10-20)14-16-4-2-6-18(22)12-16/h1-6,11-12,19-20H,7-10,13-14,23H2. The summed E-state index contributed by atoms with van der Waals surface area (Å²) in [4.78, 5) is 2.54. The predicted molar refractivity (Wildman–Crippen MR) is 102 cm³/mol. The minimum Gasteiger partial charge on any atom is -0.328 e. The Labute approximate surface area is 154 Å². The summed E-state index contributed by atoms with van der Waals surface area (Å²) in [5, 5.41) is 1.58. The molecule has 0 heterocycles. The van der Waals surface area contributed by atoms with Crippen molar-refractivity contribution in [3.05, 3.63) is 69.7 Å². The van der Waals surface area contributed by atoms with Crippen LogP contribution >= 0.6 is 23.2 Å². The summed E-state index contributed by atoms with van der Waals surface area (Å²) in [6.45, 7) is 1.79. The summed E-state index contributed by atoms with van der Waals surface area (Å²) >= 11 is 12.3. The molecule has 0 unspecified atom stereocenters. The summed E-state index contributed by atoms with van der Waals surface area (Å²) in [5.41, 5.74) is 8.59. The molecule has 0 spiro atoms. The third kappa shape index (κ3) is 4.97. The topological polar surface area (TPSA) is 29.3 Å². The number of nitrogens with zero attached hydrogens (tertiary/aromatic N) is 1. The quantitative estimate of drug-likeness (QED) is 0.785. The van der Waals surface area contributed by atoms with Gasteiger partial charge >= 0.3 is 0 Å². The van der Waals surface area contributed by atoms with E-state index in [1.54, 1.807) is 0 Å². The van der Waals surface area contributed by atoms with Crippen molar-refractivity contribution in [1.29, 1.82) is 0 Å². The number of halogens is 2. The molecule has 3 rings (SSSR count). The van der Waals surface area contributed by atoms with E-state index >= 15 is 0 Å². The van der Waals surface area contributed by atoms with E-state index in [1.165, 1.54) is 11.1 Å². The Morgan fingerprint density at radius 1 is 0.833 bits per heavy atom. The van der Waals surface area contributed by atoms with Crippen LogP contribution in [0, 0.1) is 0 Å². The molecule has 0 amide bonds. The van der Waals surface area contributed by atoms with Crippen molar-refractivity contribution >= 4 is 23.2 Å². The van der Waals surface area contributed by atoms with Crippen LogP contribution in [0.25, 0.3) is 0 Å². The van der Waals surface area contributed by atoms with Gasteiger partial charge in [-0.2, -0.15) is 0 Å². The van der Waals surface area contributed by atoms with Crippen LogP contribution in [0.3, 0.4) is 0 Å². The molecule has 0 saturated heterocycles. The Hall–Kier alpha value is -1.06. The lowest BCUT2D eigenvalue weighted by Crippen LogP contribution is -2.40. The second kappa shape index (κ2) is 8.35. The molecule has 0 bridgehead atoms. The van der Waals surface area contributed by atoms with Gasteiger partial charge in [-0.1, -0.05) is 47.5 Å². The van der Waals surface area contributed by atoms with Gasteiger partial charge in [0, 0.05) is 35.2 Å². The highest BCUT2D eigenvalue weighted by atomic mass is 35.5. The molecular weight excluding hydrogens is 339 g/mol. The van der Waals surface area contributed by atoms with E-state index in [-0.39, 0.29) is 0 Å². The van der Waals surface area contributed by atoms with Crippen LogP contribution in [0.1, 0.15) is 36.8 Å². The molecule has 4 heteroatoms. The van der Waals surface area contributed by atoms with Gasteiger partial charge in [-0.05, 0) is 61.1 Å². The first-order valence-electron chi connectivity index (χ1n) is 8.58. The van der Waals surface area contributed by atoms with E-state index in [1.807, 2.05) is 24.3 Å². The van der Waals surface area contributed by atoms with Crippen molar-refractivity contribution in [1.82, 2.24) is 4.90 Å². The molecule has 1 aliphatic rings. The fraction of sp³-hybridized carbons (Fsp3) is 0.400. The lowest BCUT2D eigenvalue weighted by molar-refractivity contribution is 0.134. The molecule has 0 radical (unpaired) electrons. The Balaban J connectivity index is 1.77. The highest BCUT2D eigenvalue weighted by Crippen LogP contribution is 2.26. The van der Waals surface area contributed by atoms with Crippen LogP contribution in [-0.2, 0) is 13.1 Å². The van der Waals surface area contributed by atoms with Crippen LogP contribution < -0.4 is 5.73 Å². The van der Waals surface area contributed by atoms with Gasteiger partial charge in [0.25, 0.3) is 0 Å². The SMILES string of the molecule is NC1CCC(N(Cc2cccc(Cl)c2)Cc2cccc(Cl)c2)CC1. The molecular formula is C20H24Cl2N2. The molecule has 2 aromatic rings. The molecule has 1 fully saturated rings. The van der Waals surface area contributed by atoms with E-state index in [2.05, 4.69) is 29.2 Å². The van der Waals surface area contributed by atoms with Gasteiger partial charge in [0.15, 0.2) is 0 Å². The van der Waals surface area contributed by atoms with E-state index in [9.17, 15) is 0 Å². The smallest absolute Gasteiger partial charge is 0.0409 e. The highest BCUT2D eigenvalue weighted by Gasteiger charge is 2.24. The largest absolute Gasteiger partial charge is 0.328 e. The Kier molecular flexibility index (Phi) is 6.18. The van der Waals surface area contributed by atoms with Gasteiger partial charge in [0.1, 0.15) is 0 Å². The van der Waals surface area contributed by atoms with E-state index < -0.39 is 0 Å². The molecule has 0 aliphatic heterocycles. The Morgan fingerprint density at radius 2 is 1.33 bits per heavy atom. The number of benzene rings is 2. The maximum Gasteiger partial charge on any atom is 0.0409 e. The fourth-order valence-electron chi connectivity index (χ4n) is 3.52.